The van der Waals surface area contributed by atoms with Crippen LogP contribution in [0.4, 0.5) is 0 Å². The van der Waals surface area contributed by atoms with Gasteiger partial charge in [-0.15, -0.1) is 0 Å². The summed E-state index contributed by atoms with van der Waals surface area (Å²) in [6.07, 6.45) is 1.68. The van der Waals surface area contributed by atoms with Crippen LogP contribution in [0.1, 0.15) is 25.2 Å². The first-order valence-electron chi connectivity index (χ1n) is 7.33. The van der Waals surface area contributed by atoms with Crippen LogP contribution in [-0.2, 0) is 0 Å². The molecule has 0 radical (unpaired) electrons. The van der Waals surface area contributed by atoms with E-state index in [1.165, 1.54) is 0 Å². The largest absolute Gasteiger partial charge is 0.295 e. The van der Waals surface area contributed by atoms with Gasteiger partial charge in [0.2, 0.25) is 0 Å². The molecule has 3 rings (SSSR count). The Labute approximate surface area is 129 Å². The van der Waals surface area contributed by atoms with Gasteiger partial charge in [0.1, 0.15) is 5.82 Å². The van der Waals surface area contributed by atoms with Gasteiger partial charge in [0.15, 0.2) is 0 Å². The minimum Gasteiger partial charge on any atom is -0.295 e. The van der Waals surface area contributed by atoms with Crippen LogP contribution in [0.2, 0.25) is 0 Å². The third-order valence-electron chi connectivity index (χ3n) is 3.15. The summed E-state index contributed by atoms with van der Waals surface area (Å²) in [5.74, 6) is 0.666. The second-order valence-corrected chi connectivity index (χ2v) is 4.68. The van der Waals surface area contributed by atoms with Crippen molar-refractivity contribution in [1.82, 2.24) is 20.2 Å². The highest BCUT2D eigenvalue weighted by Gasteiger charge is 2.15. The maximum Gasteiger partial charge on any atom is 0.272 e. The average Bonchev–Trinajstić information content (AvgIpc) is 2.92. The third kappa shape index (κ3) is 3.14. The lowest BCUT2D eigenvalue weighted by atomic mass is 10.0. The Morgan fingerprint density at radius 2 is 1.64 bits per heavy atom. The Morgan fingerprint density at radius 1 is 0.955 bits per heavy atom. The van der Waals surface area contributed by atoms with Crippen LogP contribution >= 0.6 is 0 Å². The first kappa shape index (κ1) is 15.7. The van der Waals surface area contributed by atoms with Crippen molar-refractivity contribution >= 4 is 0 Å². The minimum atomic E-state index is -0.153. The fourth-order valence-corrected chi connectivity index (χ4v) is 2.14. The van der Waals surface area contributed by atoms with E-state index in [9.17, 15) is 4.79 Å². The summed E-state index contributed by atoms with van der Waals surface area (Å²) < 4.78 is 0. The molecule has 5 heteroatoms. The zero-order valence-electron chi connectivity index (χ0n) is 13.3. The molecule has 0 fully saturated rings. The molecule has 2 N–H and O–H groups in total. The predicted molar refractivity (Wildman–Crippen MR) is 88.7 cm³/mol. The van der Waals surface area contributed by atoms with Crippen LogP contribution in [0.25, 0.3) is 22.5 Å². The van der Waals surface area contributed by atoms with Gasteiger partial charge in [-0.25, -0.2) is 9.97 Å². The number of aromatic amines is 2. The molecule has 2 heterocycles. The van der Waals surface area contributed by atoms with E-state index in [-0.39, 0.29) is 5.56 Å². The van der Waals surface area contributed by atoms with Gasteiger partial charge in [0, 0.05) is 6.20 Å². The fraction of sp³-hybridized carbons (Fsp3) is 0.235. The topological polar surface area (TPSA) is 74.4 Å². The van der Waals surface area contributed by atoms with E-state index in [1.54, 1.807) is 12.3 Å². The molecule has 0 saturated carbocycles. The lowest BCUT2D eigenvalue weighted by Crippen LogP contribution is -2.02. The number of hydrogen-bond donors (Lipinski definition) is 2. The maximum absolute atomic E-state index is 12.1. The lowest BCUT2D eigenvalue weighted by molar-refractivity contribution is 1.02. The van der Waals surface area contributed by atoms with Crippen LogP contribution in [0.15, 0.2) is 41.3 Å². The smallest absolute Gasteiger partial charge is 0.272 e. The maximum atomic E-state index is 12.1. The predicted octanol–water partition coefficient (Wildman–Crippen LogP) is 3.47. The average molecular weight is 296 g/mol. The SMILES string of the molecule is CC.Cc1ccc(-c2c(-c3ccnc(C)n3)[nH][nH]c2=O)cc1. The summed E-state index contributed by atoms with van der Waals surface area (Å²) in [6.45, 7) is 7.83. The van der Waals surface area contributed by atoms with Crippen LogP contribution in [0, 0.1) is 13.8 Å². The summed E-state index contributed by atoms with van der Waals surface area (Å²) in [7, 11) is 0. The van der Waals surface area contributed by atoms with Crippen LogP contribution in [0.3, 0.4) is 0 Å². The highest BCUT2D eigenvalue weighted by Crippen LogP contribution is 2.26. The van der Waals surface area contributed by atoms with Gasteiger partial charge in [0.05, 0.1) is 17.0 Å². The standard InChI is InChI=1S/C15H14N4O.C2H6/c1-9-3-5-11(6-4-9)13-14(18-19-15(13)20)12-7-8-16-10(2)17-12;1-2/h3-8H,1-2H3,(H2,18,19,20);1-2H3. The van der Waals surface area contributed by atoms with Crippen LogP contribution in [-0.4, -0.2) is 20.2 Å². The molecule has 2 aromatic heterocycles. The van der Waals surface area contributed by atoms with Crippen molar-refractivity contribution in [3.8, 4) is 22.5 Å². The van der Waals surface area contributed by atoms with Gasteiger partial charge in [-0.1, -0.05) is 43.7 Å². The molecule has 0 aliphatic rings. The van der Waals surface area contributed by atoms with Gasteiger partial charge in [-0.05, 0) is 25.5 Å². The second kappa shape index (κ2) is 6.85. The number of rotatable bonds is 2. The molecule has 0 spiro atoms. The van der Waals surface area contributed by atoms with E-state index in [1.807, 2.05) is 52.0 Å². The Kier molecular flexibility index (Phi) is 4.88. The van der Waals surface area contributed by atoms with Crippen molar-refractivity contribution in [1.29, 1.82) is 0 Å². The minimum absolute atomic E-state index is 0.153. The monoisotopic (exact) mass is 296 g/mol. The van der Waals surface area contributed by atoms with Crippen molar-refractivity contribution < 1.29 is 0 Å². The molecule has 0 saturated heterocycles. The fourth-order valence-electron chi connectivity index (χ4n) is 2.14. The molecule has 5 nitrogen and oxygen atoms in total. The molecule has 0 bridgehead atoms. The number of H-pyrrole nitrogens is 2. The highest BCUT2D eigenvalue weighted by molar-refractivity contribution is 5.78. The Bertz CT molecular complexity index is 800. The molecule has 0 aliphatic carbocycles. The summed E-state index contributed by atoms with van der Waals surface area (Å²) in [4.78, 5) is 20.5. The van der Waals surface area contributed by atoms with Gasteiger partial charge < -0.3 is 0 Å². The zero-order chi connectivity index (χ0) is 16.1. The Hall–Kier alpha value is -2.69. The van der Waals surface area contributed by atoms with Crippen molar-refractivity contribution in [2.75, 3.05) is 0 Å². The van der Waals surface area contributed by atoms with E-state index in [0.717, 1.165) is 11.1 Å². The van der Waals surface area contributed by atoms with Gasteiger partial charge >= 0.3 is 0 Å². The number of aryl methyl sites for hydroxylation is 2. The lowest BCUT2D eigenvalue weighted by Gasteiger charge is -2.03. The van der Waals surface area contributed by atoms with Gasteiger partial charge in [-0.2, -0.15) is 0 Å². The molecular formula is C17H20N4O. The molecule has 0 aliphatic heterocycles. The summed E-state index contributed by atoms with van der Waals surface area (Å²) in [5.41, 5.74) is 3.85. The van der Waals surface area contributed by atoms with Crippen LogP contribution < -0.4 is 5.56 Å². The van der Waals surface area contributed by atoms with E-state index >= 15 is 0 Å². The number of nitrogens with one attached hydrogen (secondary N) is 2. The summed E-state index contributed by atoms with van der Waals surface area (Å²) in [6, 6.07) is 9.62. The Balaban J connectivity index is 0.000000847. The molecule has 0 unspecified atom stereocenters. The van der Waals surface area contributed by atoms with E-state index in [4.69, 9.17) is 0 Å². The quantitative estimate of drug-likeness (QED) is 0.760. The van der Waals surface area contributed by atoms with Crippen molar-refractivity contribution in [3.63, 3.8) is 0 Å². The number of aromatic nitrogens is 4. The normalized spacial score (nSPS) is 10.0. The van der Waals surface area contributed by atoms with Crippen LogP contribution in [0.5, 0.6) is 0 Å². The Morgan fingerprint density at radius 3 is 2.27 bits per heavy atom. The first-order chi connectivity index (χ1) is 10.6. The molecule has 0 amide bonds. The molecule has 3 aromatic rings. The van der Waals surface area contributed by atoms with Gasteiger partial charge in [0.25, 0.3) is 5.56 Å². The van der Waals surface area contributed by atoms with E-state index in [0.29, 0.717) is 22.8 Å². The molecule has 0 atom stereocenters. The number of nitrogens with zero attached hydrogens (tertiary/aromatic N) is 2. The van der Waals surface area contributed by atoms with Crippen molar-refractivity contribution in [2.45, 2.75) is 27.7 Å². The molecule has 1 aromatic carbocycles. The molecule has 22 heavy (non-hydrogen) atoms. The zero-order valence-corrected chi connectivity index (χ0v) is 13.3. The van der Waals surface area contributed by atoms with Crippen molar-refractivity contribution in [3.05, 3.63) is 58.3 Å². The molecule has 114 valence electrons. The van der Waals surface area contributed by atoms with E-state index < -0.39 is 0 Å². The first-order valence-corrected chi connectivity index (χ1v) is 7.33. The van der Waals surface area contributed by atoms with Gasteiger partial charge in [-0.3, -0.25) is 15.0 Å². The van der Waals surface area contributed by atoms with E-state index in [2.05, 4.69) is 20.2 Å². The third-order valence-corrected chi connectivity index (χ3v) is 3.15. The summed E-state index contributed by atoms with van der Waals surface area (Å²) in [5, 5.41) is 5.53. The molecular weight excluding hydrogens is 276 g/mol. The number of hydrogen-bond acceptors (Lipinski definition) is 3. The highest BCUT2D eigenvalue weighted by atomic mass is 16.1. The number of benzene rings is 1. The second-order valence-electron chi connectivity index (χ2n) is 4.68. The van der Waals surface area contributed by atoms with Crippen molar-refractivity contribution in [2.24, 2.45) is 0 Å². The summed E-state index contributed by atoms with van der Waals surface area (Å²) >= 11 is 0.